The van der Waals surface area contributed by atoms with Gasteiger partial charge < -0.3 is 5.32 Å². The van der Waals surface area contributed by atoms with Crippen molar-refractivity contribution in [3.63, 3.8) is 0 Å². The molecule has 0 atom stereocenters. The molecule has 0 aromatic carbocycles. The molecule has 0 aliphatic heterocycles. The zero-order valence-corrected chi connectivity index (χ0v) is 11.5. The number of hydrogen-bond donors (Lipinski definition) is 1. The van der Waals surface area contributed by atoms with Crippen LogP contribution in [0.4, 0.5) is 5.69 Å². The van der Waals surface area contributed by atoms with E-state index >= 15 is 0 Å². The fraction of sp³-hybridized carbons (Fsp3) is 0. The number of halogens is 1. The van der Waals surface area contributed by atoms with Crippen molar-refractivity contribution in [1.82, 2.24) is 19.7 Å². The SMILES string of the molecule is O=C(Nc1ccc(-n2cccn2)nc1)c1cccnc1Cl. The number of nitrogens with zero attached hydrogens (tertiary/aromatic N) is 4. The van der Waals surface area contributed by atoms with Gasteiger partial charge in [-0.2, -0.15) is 5.10 Å². The molecule has 6 nitrogen and oxygen atoms in total. The van der Waals surface area contributed by atoms with Gasteiger partial charge in [-0.3, -0.25) is 4.79 Å². The van der Waals surface area contributed by atoms with E-state index in [9.17, 15) is 4.79 Å². The molecule has 104 valence electrons. The van der Waals surface area contributed by atoms with Gasteiger partial charge in [0, 0.05) is 18.6 Å². The quantitative estimate of drug-likeness (QED) is 0.754. The minimum Gasteiger partial charge on any atom is -0.320 e. The number of hydrogen-bond acceptors (Lipinski definition) is 4. The number of carbonyl (C=O) groups is 1. The number of anilines is 1. The van der Waals surface area contributed by atoms with Crippen molar-refractivity contribution in [2.45, 2.75) is 0 Å². The fourth-order valence-electron chi connectivity index (χ4n) is 1.75. The van der Waals surface area contributed by atoms with Gasteiger partial charge in [-0.15, -0.1) is 0 Å². The van der Waals surface area contributed by atoms with Gasteiger partial charge in [0.05, 0.1) is 17.4 Å². The van der Waals surface area contributed by atoms with E-state index in [2.05, 4.69) is 20.4 Å². The zero-order chi connectivity index (χ0) is 14.7. The highest BCUT2D eigenvalue weighted by Gasteiger charge is 2.11. The summed E-state index contributed by atoms with van der Waals surface area (Å²) in [5.41, 5.74) is 0.881. The van der Waals surface area contributed by atoms with Gasteiger partial charge in [0.25, 0.3) is 5.91 Å². The molecule has 3 rings (SSSR count). The molecule has 0 saturated heterocycles. The average molecular weight is 300 g/mol. The number of rotatable bonds is 3. The van der Waals surface area contributed by atoms with Crippen LogP contribution in [0, 0.1) is 0 Å². The van der Waals surface area contributed by atoms with Gasteiger partial charge in [0.1, 0.15) is 5.15 Å². The van der Waals surface area contributed by atoms with Crippen molar-refractivity contribution < 1.29 is 4.79 Å². The Hall–Kier alpha value is -2.73. The van der Waals surface area contributed by atoms with Crippen LogP contribution < -0.4 is 5.32 Å². The Labute approximate surface area is 125 Å². The van der Waals surface area contributed by atoms with Crippen LogP contribution in [0.2, 0.25) is 5.15 Å². The Bertz CT molecular complexity index is 755. The van der Waals surface area contributed by atoms with Gasteiger partial charge in [0.15, 0.2) is 5.82 Å². The zero-order valence-electron chi connectivity index (χ0n) is 10.8. The fourth-order valence-corrected chi connectivity index (χ4v) is 1.96. The number of nitrogens with one attached hydrogen (secondary N) is 1. The van der Waals surface area contributed by atoms with E-state index in [-0.39, 0.29) is 11.1 Å². The Kier molecular flexibility index (Phi) is 3.61. The minimum absolute atomic E-state index is 0.163. The lowest BCUT2D eigenvalue weighted by molar-refractivity contribution is 0.102. The summed E-state index contributed by atoms with van der Waals surface area (Å²) in [7, 11) is 0. The first-order chi connectivity index (χ1) is 10.2. The van der Waals surface area contributed by atoms with E-state index in [1.807, 2.05) is 6.07 Å². The minimum atomic E-state index is -0.332. The highest BCUT2D eigenvalue weighted by atomic mass is 35.5. The van der Waals surface area contributed by atoms with Gasteiger partial charge in [0.2, 0.25) is 0 Å². The number of amides is 1. The summed E-state index contributed by atoms with van der Waals surface area (Å²) in [5.74, 6) is 0.333. The summed E-state index contributed by atoms with van der Waals surface area (Å²) in [5, 5.41) is 6.96. The maximum Gasteiger partial charge on any atom is 0.258 e. The Morgan fingerprint density at radius 3 is 2.71 bits per heavy atom. The van der Waals surface area contributed by atoms with Crippen molar-refractivity contribution in [3.8, 4) is 5.82 Å². The smallest absolute Gasteiger partial charge is 0.258 e. The van der Waals surface area contributed by atoms with Crippen LogP contribution >= 0.6 is 11.6 Å². The average Bonchev–Trinajstić information content (AvgIpc) is 3.02. The Morgan fingerprint density at radius 2 is 2.05 bits per heavy atom. The van der Waals surface area contributed by atoms with Crippen LogP contribution in [0.1, 0.15) is 10.4 Å². The molecule has 0 fully saturated rings. The molecule has 0 spiro atoms. The first-order valence-electron chi connectivity index (χ1n) is 6.12. The summed E-state index contributed by atoms with van der Waals surface area (Å²) in [4.78, 5) is 20.2. The van der Waals surface area contributed by atoms with E-state index < -0.39 is 0 Å². The first kappa shape index (κ1) is 13.3. The first-order valence-corrected chi connectivity index (χ1v) is 6.50. The predicted octanol–water partition coefficient (Wildman–Crippen LogP) is 2.57. The standard InChI is InChI=1S/C14H10ClN5O/c15-13-11(3-1-6-16-13)14(21)19-10-4-5-12(17-9-10)20-8-2-7-18-20/h1-9H,(H,19,21). The molecule has 0 bridgehead atoms. The molecule has 1 amide bonds. The van der Waals surface area contributed by atoms with Crippen molar-refractivity contribution in [1.29, 1.82) is 0 Å². The summed E-state index contributed by atoms with van der Waals surface area (Å²) in [6.07, 6.45) is 6.54. The molecule has 0 unspecified atom stereocenters. The molecule has 0 saturated carbocycles. The second-order valence-corrected chi connectivity index (χ2v) is 4.51. The third kappa shape index (κ3) is 2.90. The lowest BCUT2D eigenvalue weighted by Crippen LogP contribution is -2.13. The summed E-state index contributed by atoms with van der Waals surface area (Å²) < 4.78 is 1.63. The van der Waals surface area contributed by atoms with E-state index in [0.29, 0.717) is 17.1 Å². The molecule has 3 heterocycles. The molecule has 1 N–H and O–H groups in total. The lowest BCUT2D eigenvalue weighted by atomic mass is 10.2. The second-order valence-electron chi connectivity index (χ2n) is 4.15. The third-order valence-electron chi connectivity index (χ3n) is 2.75. The molecular weight excluding hydrogens is 290 g/mol. The van der Waals surface area contributed by atoms with Crippen LogP contribution in [0.25, 0.3) is 5.82 Å². The Morgan fingerprint density at radius 1 is 1.14 bits per heavy atom. The molecular formula is C14H10ClN5O. The highest BCUT2D eigenvalue weighted by Crippen LogP contribution is 2.15. The third-order valence-corrected chi connectivity index (χ3v) is 3.05. The molecule has 21 heavy (non-hydrogen) atoms. The van der Waals surface area contributed by atoms with Gasteiger partial charge in [-0.25, -0.2) is 14.6 Å². The number of pyridine rings is 2. The maximum absolute atomic E-state index is 12.1. The summed E-state index contributed by atoms with van der Waals surface area (Å²) in [6, 6.07) is 8.57. The molecule has 3 aromatic rings. The lowest BCUT2D eigenvalue weighted by Gasteiger charge is -2.06. The van der Waals surface area contributed by atoms with Crippen molar-refractivity contribution in [3.05, 3.63) is 65.8 Å². The number of carbonyl (C=O) groups excluding carboxylic acids is 1. The summed E-state index contributed by atoms with van der Waals surface area (Å²) >= 11 is 5.88. The van der Waals surface area contributed by atoms with Crippen LogP contribution in [0.3, 0.4) is 0 Å². The van der Waals surface area contributed by atoms with E-state index in [0.717, 1.165) is 0 Å². The largest absolute Gasteiger partial charge is 0.320 e. The molecule has 0 radical (unpaired) electrons. The van der Waals surface area contributed by atoms with Gasteiger partial charge >= 0.3 is 0 Å². The molecule has 7 heteroatoms. The summed E-state index contributed by atoms with van der Waals surface area (Å²) in [6.45, 7) is 0. The van der Waals surface area contributed by atoms with Gasteiger partial charge in [-0.05, 0) is 30.3 Å². The van der Waals surface area contributed by atoms with E-state index in [1.165, 1.54) is 6.20 Å². The van der Waals surface area contributed by atoms with E-state index in [1.54, 1.807) is 47.5 Å². The second kappa shape index (κ2) is 5.72. The van der Waals surface area contributed by atoms with Crippen LogP contribution in [0.5, 0.6) is 0 Å². The van der Waals surface area contributed by atoms with Crippen LogP contribution in [-0.4, -0.2) is 25.7 Å². The normalized spacial score (nSPS) is 10.3. The monoisotopic (exact) mass is 299 g/mol. The molecule has 3 aromatic heterocycles. The molecule has 0 aliphatic rings. The maximum atomic E-state index is 12.1. The predicted molar refractivity (Wildman–Crippen MR) is 78.6 cm³/mol. The Balaban J connectivity index is 1.77. The molecule has 0 aliphatic carbocycles. The topological polar surface area (TPSA) is 72.7 Å². The van der Waals surface area contributed by atoms with Gasteiger partial charge in [-0.1, -0.05) is 11.6 Å². The number of aromatic nitrogens is 4. The van der Waals surface area contributed by atoms with Crippen LogP contribution in [-0.2, 0) is 0 Å². The van der Waals surface area contributed by atoms with E-state index in [4.69, 9.17) is 11.6 Å². The highest BCUT2D eigenvalue weighted by molar-refractivity contribution is 6.33. The van der Waals surface area contributed by atoms with Crippen molar-refractivity contribution in [2.75, 3.05) is 5.32 Å². The van der Waals surface area contributed by atoms with Crippen molar-refractivity contribution >= 4 is 23.2 Å². The van der Waals surface area contributed by atoms with Crippen molar-refractivity contribution in [2.24, 2.45) is 0 Å². The van der Waals surface area contributed by atoms with Crippen LogP contribution in [0.15, 0.2) is 55.1 Å².